The van der Waals surface area contributed by atoms with Crippen LogP contribution in [0.25, 0.3) is 0 Å². The summed E-state index contributed by atoms with van der Waals surface area (Å²) in [7, 11) is 0. The number of amides is 1. The van der Waals surface area contributed by atoms with Gasteiger partial charge in [0, 0.05) is 25.3 Å². The van der Waals surface area contributed by atoms with E-state index in [1.807, 2.05) is 24.0 Å². The zero-order chi connectivity index (χ0) is 15.2. The molecule has 0 saturated carbocycles. The lowest BCUT2D eigenvalue weighted by Crippen LogP contribution is -2.29. The van der Waals surface area contributed by atoms with Gasteiger partial charge in [-0.3, -0.25) is 4.79 Å². The Hall–Kier alpha value is -1.83. The first-order valence-corrected chi connectivity index (χ1v) is 7.26. The van der Waals surface area contributed by atoms with Gasteiger partial charge in [-0.2, -0.15) is 0 Å². The third-order valence-corrected chi connectivity index (χ3v) is 3.82. The van der Waals surface area contributed by atoms with Crippen LogP contribution in [0.2, 0.25) is 0 Å². The molecule has 1 atom stereocenters. The summed E-state index contributed by atoms with van der Waals surface area (Å²) in [6, 6.07) is 5.58. The van der Waals surface area contributed by atoms with Gasteiger partial charge in [0.1, 0.15) is 6.61 Å². The topological polar surface area (TPSA) is 60.8 Å². The Kier molecular flexibility index (Phi) is 5.38. The van der Waals surface area contributed by atoms with Crippen molar-refractivity contribution in [1.29, 1.82) is 0 Å². The van der Waals surface area contributed by atoms with E-state index in [2.05, 4.69) is 11.8 Å². The van der Waals surface area contributed by atoms with Crippen molar-refractivity contribution >= 4 is 5.91 Å². The Morgan fingerprint density at radius 2 is 2.24 bits per heavy atom. The van der Waals surface area contributed by atoms with E-state index in [1.54, 1.807) is 6.07 Å². The van der Waals surface area contributed by atoms with E-state index in [0.29, 0.717) is 23.6 Å². The van der Waals surface area contributed by atoms with Crippen molar-refractivity contribution in [2.75, 3.05) is 26.3 Å². The first kappa shape index (κ1) is 15.6. The smallest absolute Gasteiger partial charge is 0.255 e. The van der Waals surface area contributed by atoms with Gasteiger partial charge in [-0.1, -0.05) is 17.9 Å². The maximum Gasteiger partial charge on any atom is 0.255 e. The number of carbonyl (C=O) groups is 1. The zero-order valence-electron chi connectivity index (χ0n) is 12.3. The normalized spacial score (nSPS) is 17.5. The minimum absolute atomic E-state index is 0.0160. The molecule has 0 aromatic heterocycles. The van der Waals surface area contributed by atoms with Crippen molar-refractivity contribution in [1.82, 2.24) is 4.90 Å². The number of likely N-dealkylation sites (tertiary alicyclic amines) is 1. The largest absolute Gasteiger partial charge is 0.396 e. The summed E-state index contributed by atoms with van der Waals surface area (Å²) in [6.45, 7) is 3.32. The molecule has 21 heavy (non-hydrogen) atoms. The summed E-state index contributed by atoms with van der Waals surface area (Å²) >= 11 is 0. The summed E-state index contributed by atoms with van der Waals surface area (Å²) in [5.74, 6) is 5.83. The molecular weight excluding hydrogens is 266 g/mol. The highest BCUT2D eigenvalue weighted by Crippen LogP contribution is 2.22. The fourth-order valence-electron chi connectivity index (χ4n) is 2.69. The molecule has 0 bridgehead atoms. The minimum Gasteiger partial charge on any atom is -0.396 e. The molecule has 0 spiro atoms. The molecule has 0 aliphatic carbocycles. The summed E-state index contributed by atoms with van der Waals surface area (Å²) in [5.41, 5.74) is 2.29. The molecule has 1 fully saturated rings. The fourth-order valence-corrected chi connectivity index (χ4v) is 2.69. The van der Waals surface area contributed by atoms with Gasteiger partial charge in [0.15, 0.2) is 0 Å². The fraction of sp³-hybridized carbons (Fsp3) is 0.471. The molecule has 0 radical (unpaired) electrons. The number of aliphatic hydroxyl groups excluding tert-OH is 2. The highest BCUT2D eigenvalue weighted by Gasteiger charge is 2.27. The Morgan fingerprint density at radius 1 is 1.43 bits per heavy atom. The monoisotopic (exact) mass is 287 g/mol. The lowest BCUT2D eigenvalue weighted by atomic mass is 10.0. The highest BCUT2D eigenvalue weighted by atomic mass is 16.3. The Balaban J connectivity index is 2.19. The van der Waals surface area contributed by atoms with Crippen LogP contribution in [0.1, 0.15) is 34.3 Å². The Bertz CT molecular complexity index is 571. The van der Waals surface area contributed by atoms with E-state index >= 15 is 0 Å². The van der Waals surface area contributed by atoms with Gasteiger partial charge in [0.05, 0.1) is 5.56 Å². The van der Waals surface area contributed by atoms with Crippen LogP contribution in [0.3, 0.4) is 0 Å². The standard InChI is InChI=1S/C17H21NO3/c1-13-4-5-16(15(11-13)3-2-9-19)17(21)18-8-6-14(12-18)7-10-20/h4-5,11,14,19-20H,6-10,12H2,1H3. The number of benzene rings is 1. The number of carbonyl (C=O) groups excluding carboxylic acids is 1. The molecule has 1 aliphatic heterocycles. The molecule has 2 N–H and O–H groups in total. The third-order valence-electron chi connectivity index (χ3n) is 3.82. The molecule has 1 aromatic rings. The Morgan fingerprint density at radius 3 is 2.95 bits per heavy atom. The molecule has 1 saturated heterocycles. The quantitative estimate of drug-likeness (QED) is 0.821. The number of hydrogen-bond acceptors (Lipinski definition) is 3. The molecule has 4 nitrogen and oxygen atoms in total. The van der Waals surface area contributed by atoms with Crippen molar-refractivity contribution in [3.05, 3.63) is 34.9 Å². The molecular formula is C17H21NO3. The first-order valence-electron chi connectivity index (χ1n) is 7.26. The lowest BCUT2D eigenvalue weighted by molar-refractivity contribution is 0.0784. The second kappa shape index (κ2) is 7.26. The summed E-state index contributed by atoms with van der Waals surface area (Å²) in [5, 5.41) is 17.8. The third kappa shape index (κ3) is 3.84. The van der Waals surface area contributed by atoms with Crippen LogP contribution in [0.4, 0.5) is 0 Å². The van der Waals surface area contributed by atoms with Crippen molar-refractivity contribution in [3.8, 4) is 11.8 Å². The molecule has 2 rings (SSSR count). The molecule has 1 heterocycles. The molecule has 4 heteroatoms. The second-order valence-corrected chi connectivity index (χ2v) is 5.43. The van der Waals surface area contributed by atoms with Gasteiger partial charge in [-0.25, -0.2) is 0 Å². The zero-order valence-corrected chi connectivity index (χ0v) is 12.3. The predicted octanol–water partition coefficient (Wildman–Crippen LogP) is 1.18. The number of aliphatic hydroxyl groups is 2. The van der Waals surface area contributed by atoms with E-state index in [9.17, 15) is 4.79 Å². The molecule has 112 valence electrons. The molecule has 1 aromatic carbocycles. The highest BCUT2D eigenvalue weighted by molar-refractivity contribution is 5.97. The Labute approximate surface area is 125 Å². The summed E-state index contributed by atoms with van der Waals surface area (Å²) in [4.78, 5) is 14.5. The van der Waals surface area contributed by atoms with Crippen LogP contribution in [-0.4, -0.2) is 47.3 Å². The maximum absolute atomic E-state index is 12.6. The van der Waals surface area contributed by atoms with Gasteiger partial charge in [-0.15, -0.1) is 0 Å². The van der Waals surface area contributed by atoms with Gasteiger partial charge in [0.2, 0.25) is 0 Å². The SMILES string of the molecule is Cc1ccc(C(=O)N2CCC(CCO)C2)c(C#CCO)c1. The van der Waals surface area contributed by atoms with E-state index in [1.165, 1.54) is 0 Å². The van der Waals surface area contributed by atoms with Crippen LogP contribution >= 0.6 is 0 Å². The van der Waals surface area contributed by atoms with Crippen molar-refractivity contribution < 1.29 is 15.0 Å². The summed E-state index contributed by atoms with van der Waals surface area (Å²) in [6.07, 6.45) is 1.69. The lowest BCUT2D eigenvalue weighted by Gasteiger charge is -2.17. The molecule has 1 amide bonds. The average molecular weight is 287 g/mol. The second-order valence-electron chi connectivity index (χ2n) is 5.43. The molecule has 1 unspecified atom stereocenters. The van der Waals surface area contributed by atoms with Gasteiger partial charge >= 0.3 is 0 Å². The van der Waals surface area contributed by atoms with Crippen molar-refractivity contribution in [2.24, 2.45) is 5.92 Å². The average Bonchev–Trinajstić information content (AvgIpc) is 2.93. The van der Waals surface area contributed by atoms with Gasteiger partial charge in [0.25, 0.3) is 5.91 Å². The van der Waals surface area contributed by atoms with Crippen LogP contribution in [0, 0.1) is 24.7 Å². The molecule has 1 aliphatic rings. The van der Waals surface area contributed by atoms with E-state index in [4.69, 9.17) is 10.2 Å². The van der Waals surface area contributed by atoms with Crippen LogP contribution in [0.15, 0.2) is 18.2 Å². The van der Waals surface area contributed by atoms with Gasteiger partial charge < -0.3 is 15.1 Å². The number of aryl methyl sites for hydroxylation is 1. The van der Waals surface area contributed by atoms with E-state index < -0.39 is 0 Å². The predicted molar refractivity (Wildman–Crippen MR) is 80.9 cm³/mol. The van der Waals surface area contributed by atoms with E-state index in [0.717, 1.165) is 24.9 Å². The first-order chi connectivity index (χ1) is 10.2. The van der Waals surface area contributed by atoms with Crippen molar-refractivity contribution in [3.63, 3.8) is 0 Å². The van der Waals surface area contributed by atoms with Crippen molar-refractivity contribution in [2.45, 2.75) is 19.8 Å². The number of rotatable bonds is 3. The van der Waals surface area contributed by atoms with Crippen LogP contribution in [0.5, 0.6) is 0 Å². The maximum atomic E-state index is 12.6. The minimum atomic E-state index is -0.218. The van der Waals surface area contributed by atoms with E-state index in [-0.39, 0.29) is 19.1 Å². The number of hydrogen-bond donors (Lipinski definition) is 2. The number of nitrogens with zero attached hydrogens (tertiary/aromatic N) is 1. The van der Waals surface area contributed by atoms with Gasteiger partial charge in [-0.05, 0) is 43.4 Å². The summed E-state index contributed by atoms with van der Waals surface area (Å²) < 4.78 is 0. The van der Waals surface area contributed by atoms with Crippen LogP contribution in [-0.2, 0) is 0 Å². The van der Waals surface area contributed by atoms with Crippen LogP contribution < -0.4 is 0 Å².